The van der Waals surface area contributed by atoms with Gasteiger partial charge in [-0.05, 0) is 25.2 Å². The molecule has 0 fully saturated rings. The van der Waals surface area contributed by atoms with Crippen molar-refractivity contribution < 1.29 is 0 Å². The van der Waals surface area contributed by atoms with Crippen molar-refractivity contribution in [3.05, 3.63) is 11.1 Å². The molecule has 19 heavy (non-hydrogen) atoms. The fraction of sp³-hybridized carbons (Fsp3) is 0.889. The topological polar surface area (TPSA) is 0 Å². The van der Waals surface area contributed by atoms with Crippen LogP contribution in [0.15, 0.2) is 11.1 Å². The highest BCUT2D eigenvalue weighted by atomic mass is 35.5. The molecular weight excluding hydrogens is 252 g/mol. The van der Waals surface area contributed by atoms with Gasteiger partial charge in [0, 0.05) is 5.03 Å². The van der Waals surface area contributed by atoms with Crippen molar-refractivity contribution in [3.8, 4) is 0 Å². The van der Waals surface area contributed by atoms with Gasteiger partial charge in [0.25, 0.3) is 0 Å². The SMILES string of the molecule is CCCCCC/C=C(\Cl)CC(C)CCCCCCC. The Balaban J connectivity index is 3.50. The van der Waals surface area contributed by atoms with Gasteiger partial charge in [0.15, 0.2) is 0 Å². The Morgan fingerprint density at radius 3 is 2.11 bits per heavy atom. The van der Waals surface area contributed by atoms with E-state index < -0.39 is 0 Å². The van der Waals surface area contributed by atoms with E-state index in [-0.39, 0.29) is 0 Å². The summed E-state index contributed by atoms with van der Waals surface area (Å²) in [5.74, 6) is 0.751. The zero-order valence-corrected chi connectivity index (χ0v) is 14.3. The van der Waals surface area contributed by atoms with Gasteiger partial charge in [0.05, 0.1) is 0 Å². The molecule has 0 aliphatic heterocycles. The summed E-state index contributed by atoms with van der Waals surface area (Å²) in [5.41, 5.74) is 0. The molecule has 0 nitrogen and oxygen atoms in total. The second-order valence-corrected chi connectivity index (χ2v) is 6.50. The summed E-state index contributed by atoms with van der Waals surface area (Å²) in [6.07, 6.45) is 18.1. The molecule has 0 aromatic rings. The van der Waals surface area contributed by atoms with Crippen molar-refractivity contribution in [2.45, 2.75) is 97.8 Å². The Bertz CT molecular complexity index is 208. The molecule has 0 spiro atoms. The van der Waals surface area contributed by atoms with Gasteiger partial charge in [-0.25, -0.2) is 0 Å². The van der Waals surface area contributed by atoms with Gasteiger partial charge in [-0.3, -0.25) is 0 Å². The van der Waals surface area contributed by atoms with Crippen LogP contribution in [0.2, 0.25) is 0 Å². The number of halogens is 1. The summed E-state index contributed by atoms with van der Waals surface area (Å²) >= 11 is 6.31. The molecule has 1 atom stereocenters. The van der Waals surface area contributed by atoms with Gasteiger partial charge in [-0.2, -0.15) is 0 Å². The van der Waals surface area contributed by atoms with Crippen LogP contribution in [0.4, 0.5) is 0 Å². The first-order valence-electron chi connectivity index (χ1n) is 8.55. The molecule has 0 saturated heterocycles. The molecule has 1 heteroatoms. The molecule has 114 valence electrons. The van der Waals surface area contributed by atoms with Crippen molar-refractivity contribution >= 4 is 11.6 Å². The second kappa shape index (κ2) is 14.4. The molecule has 0 N–H and O–H groups in total. The zero-order chi connectivity index (χ0) is 14.3. The predicted octanol–water partition coefficient (Wildman–Crippen LogP) is 7.47. The molecule has 0 aromatic carbocycles. The first-order valence-corrected chi connectivity index (χ1v) is 8.93. The molecule has 1 unspecified atom stereocenters. The fourth-order valence-corrected chi connectivity index (χ4v) is 2.82. The number of unbranched alkanes of at least 4 members (excludes halogenated alkanes) is 8. The smallest absolute Gasteiger partial charge is 0.0143 e. The third-order valence-electron chi connectivity index (χ3n) is 3.77. The van der Waals surface area contributed by atoms with Gasteiger partial charge in [0.2, 0.25) is 0 Å². The van der Waals surface area contributed by atoms with Gasteiger partial charge in [0.1, 0.15) is 0 Å². The first-order chi connectivity index (χ1) is 9.20. The Morgan fingerprint density at radius 2 is 1.47 bits per heavy atom. The Kier molecular flexibility index (Phi) is 14.5. The number of hydrogen-bond donors (Lipinski definition) is 0. The summed E-state index contributed by atoms with van der Waals surface area (Å²) in [6, 6.07) is 0. The molecule has 0 aliphatic carbocycles. The van der Waals surface area contributed by atoms with Crippen molar-refractivity contribution in [3.63, 3.8) is 0 Å². The van der Waals surface area contributed by atoms with Crippen LogP contribution in [-0.2, 0) is 0 Å². The van der Waals surface area contributed by atoms with Crippen molar-refractivity contribution in [2.75, 3.05) is 0 Å². The van der Waals surface area contributed by atoms with E-state index in [1.165, 1.54) is 70.6 Å². The fourth-order valence-electron chi connectivity index (χ4n) is 2.44. The van der Waals surface area contributed by atoms with Crippen molar-refractivity contribution in [2.24, 2.45) is 5.92 Å². The average molecular weight is 287 g/mol. The van der Waals surface area contributed by atoms with Crippen molar-refractivity contribution in [1.82, 2.24) is 0 Å². The summed E-state index contributed by atoms with van der Waals surface area (Å²) in [5, 5.41) is 1.09. The maximum atomic E-state index is 6.31. The maximum Gasteiger partial charge on any atom is 0.0143 e. The molecule has 0 heterocycles. The molecule has 0 amide bonds. The van der Waals surface area contributed by atoms with Crippen LogP contribution in [0.5, 0.6) is 0 Å². The van der Waals surface area contributed by atoms with Crippen LogP contribution >= 0.6 is 11.6 Å². The highest BCUT2D eigenvalue weighted by Gasteiger charge is 2.04. The molecular formula is C18H35Cl. The van der Waals surface area contributed by atoms with E-state index in [2.05, 4.69) is 26.8 Å². The lowest BCUT2D eigenvalue weighted by molar-refractivity contribution is 0.487. The molecule has 0 bridgehead atoms. The summed E-state index contributed by atoms with van der Waals surface area (Å²) in [6.45, 7) is 6.87. The average Bonchev–Trinajstić information content (AvgIpc) is 2.38. The van der Waals surface area contributed by atoms with E-state index >= 15 is 0 Å². The third-order valence-corrected chi connectivity index (χ3v) is 4.08. The van der Waals surface area contributed by atoms with Crippen LogP contribution in [0.1, 0.15) is 97.8 Å². The summed E-state index contributed by atoms with van der Waals surface area (Å²) in [7, 11) is 0. The minimum Gasteiger partial charge on any atom is -0.0895 e. The van der Waals surface area contributed by atoms with E-state index in [9.17, 15) is 0 Å². The first kappa shape index (κ1) is 19.0. The van der Waals surface area contributed by atoms with E-state index in [0.717, 1.165) is 17.4 Å². The maximum absolute atomic E-state index is 6.31. The molecule has 0 radical (unpaired) electrons. The van der Waals surface area contributed by atoms with Crippen LogP contribution in [0.25, 0.3) is 0 Å². The quantitative estimate of drug-likeness (QED) is 0.308. The monoisotopic (exact) mass is 286 g/mol. The van der Waals surface area contributed by atoms with Gasteiger partial charge >= 0.3 is 0 Å². The minimum atomic E-state index is 0.751. The lowest BCUT2D eigenvalue weighted by Crippen LogP contribution is -1.95. The third kappa shape index (κ3) is 14.3. The zero-order valence-electron chi connectivity index (χ0n) is 13.5. The standard InChI is InChI=1S/C18H35Cl/c1-4-6-8-10-12-14-17(3)16-18(19)15-13-11-9-7-5-2/h15,17H,4-14,16H2,1-3H3/b18-15-. The van der Waals surface area contributed by atoms with Gasteiger partial charge in [-0.15, -0.1) is 0 Å². The number of rotatable bonds is 13. The van der Waals surface area contributed by atoms with Gasteiger partial charge in [-0.1, -0.05) is 96.2 Å². The van der Waals surface area contributed by atoms with Crippen LogP contribution in [0, 0.1) is 5.92 Å². The molecule has 0 rings (SSSR count). The highest BCUT2D eigenvalue weighted by molar-refractivity contribution is 6.29. The predicted molar refractivity (Wildman–Crippen MR) is 89.9 cm³/mol. The summed E-state index contributed by atoms with van der Waals surface area (Å²) in [4.78, 5) is 0. The van der Waals surface area contributed by atoms with Crippen LogP contribution in [0.3, 0.4) is 0 Å². The Labute approximate surface area is 127 Å². The normalized spacial score (nSPS) is 13.8. The van der Waals surface area contributed by atoms with E-state index in [1.807, 2.05) is 0 Å². The number of allylic oxidation sites excluding steroid dienone is 2. The Hall–Kier alpha value is 0.0300. The lowest BCUT2D eigenvalue weighted by Gasteiger charge is -2.10. The lowest BCUT2D eigenvalue weighted by atomic mass is 9.98. The summed E-state index contributed by atoms with van der Waals surface area (Å²) < 4.78 is 0. The number of hydrogen-bond acceptors (Lipinski definition) is 0. The van der Waals surface area contributed by atoms with E-state index in [0.29, 0.717) is 0 Å². The van der Waals surface area contributed by atoms with E-state index in [4.69, 9.17) is 11.6 Å². The largest absolute Gasteiger partial charge is 0.0895 e. The Morgan fingerprint density at radius 1 is 0.895 bits per heavy atom. The van der Waals surface area contributed by atoms with Crippen LogP contribution < -0.4 is 0 Å². The minimum absolute atomic E-state index is 0.751. The van der Waals surface area contributed by atoms with E-state index in [1.54, 1.807) is 0 Å². The molecule has 0 aliphatic rings. The molecule has 0 aromatic heterocycles. The van der Waals surface area contributed by atoms with Crippen LogP contribution in [-0.4, -0.2) is 0 Å². The highest BCUT2D eigenvalue weighted by Crippen LogP contribution is 2.21. The van der Waals surface area contributed by atoms with Crippen molar-refractivity contribution in [1.29, 1.82) is 0 Å². The molecule has 0 saturated carbocycles. The second-order valence-electron chi connectivity index (χ2n) is 6.01. The van der Waals surface area contributed by atoms with Gasteiger partial charge < -0.3 is 0 Å².